The first-order valence-electron chi connectivity index (χ1n) is 4.91. The Balaban J connectivity index is 3.28. The van der Waals surface area contributed by atoms with E-state index in [4.69, 9.17) is 4.74 Å². The number of aliphatic hydroxyl groups is 1. The molecule has 0 fully saturated rings. The van der Waals surface area contributed by atoms with E-state index in [-0.39, 0.29) is 5.41 Å². The first-order chi connectivity index (χ1) is 6.89. The van der Waals surface area contributed by atoms with Gasteiger partial charge in [0.25, 0.3) is 0 Å². The zero-order valence-electron chi connectivity index (χ0n) is 9.54. The maximum absolute atomic E-state index is 9.77. The largest absolute Gasteiger partial charge is 0.496 e. The molecular weight excluding hydrogens is 256 g/mol. The summed E-state index contributed by atoms with van der Waals surface area (Å²) in [6.45, 7) is 5.80. The molecule has 0 aliphatic heterocycles. The van der Waals surface area contributed by atoms with E-state index in [9.17, 15) is 5.11 Å². The quantitative estimate of drug-likeness (QED) is 0.916. The molecule has 1 atom stereocenters. The van der Waals surface area contributed by atoms with Crippen molar-refractivity contribution in [3.63, 3.8) is 0 Å². The van der Waals surface area contributed by atoms with Gasteiger partial charge in [0.2, 0.25) is 0 Å². The van der Waals surface area contributed by atoms with Crippen LogP contribution in [0, 0.1) is 0 Å². The van der Waals surface area contributed by atoms with Crippen LogP contribution in [0.15, 0.2) is 22.7 Å². The van der Waals surface area contributed by atoms with Crippen LogP contribution in [0.5, 0.6) is 5.75 Å². The van der Waals surface area contributed by atoms with Crippen molar-refractivity contribution in [1.82, 2.24) is 0 Å². The van der Waals surface area contributed by atoms with Crippen molar-refractivity contribution in [3.8, 4) is 5.75 Å². The van der Waals surface area contributed by atoms with Gasteiger partial charge >= 0.3 is 0 Å². The van der Waals surface area contributed by atoms with Crippen LogP contribution in [-0.2, 0) is 5.41 Å². The van der Waals surface area contributed by atoms with Gasteiger partial charge < -0.3 is 9.84 Å². The van der Waals surface area contributed by atoms with Crippen LogP contribution in [-0.4, -0.2) is 18.3 Å². The summed E-state index contributed by atoms with van der Waals surface area (Å²) in [5, 5.41) is 9.77. The maximum atomic E-state index is 9.77. The average molecular weight is 273 g/mol. The SMILES string of the molecule is COc1ccc(Br)cc1C(C)(C)C(C)O. The lowest BCUT2D eigenvalue weighted by Crippen LogP contribution is -2.31. The zero-order valence-corrected chi connectivity index (χ0v) is 11.1. The van der Waals surface area contributed by atoms with Crippen molar-refractivity contribution in [2.24, 2.45) is 0 Å². The van der Waals surface area contributed by atoms with Crippen molar-refractivity contribution < 1.29 is 9.84 Å². The molecule has 1 rings (SSSR count). The highest BCUT2D eigenvalue weighted by Crippen LogP contribution is 2.36. The lowest BCUT2D eigenvalue weighted by Gasteiger charge is -2.30. The highest BCUT2D eigenvalue weighted by molar-refractivity contribution is 9.10. The van der Waals surface area contributed by atoms with Gasteiger partial charge in [-0.15, -0.1) is 0 Å². The normalized spacial score (nSPS) is 13.7. The summed E-state index contributed by atoms with van der Waals surface area (Å²) in [6, 6.07) is 5.83. The van der Waals surface area contributed by atoms with Gasteiger partial charge in [-0.05, 0) is 25.1 Å². The molecule has 15 heavy (non-hydrogen) atoms. The summed E-state index contributed by atoms with van der Waals surface area (Å²) in [4.78, 5) is 0. The molecule has 1 N–H and O–H groups in total. The molecule has 0 amide bonds. The number of benzene rings is 1. The van der Waals surface area contributed by atoms with Crippen LogP contribution in [0.25, 0.3) is 0 Å². The van der Waals surface area contributed by atoms with Gasteiger partial charge in [-0.1, -0.05) is 29.8 Å². The van der Waals surface area contributed by atoms with Gasteiger partial charge in [-0.3, -0.25) is 0 Å². The van der Waals surface area contributed by atoms with Crippen LogP contribution < -0.4 is 4.74 Å². The molecular formula is C12H17BrO2. The predicted octanol–water partition coefficient (Wildman–Crippen LogP) is 3.12. The Morgan fingerprint density at radius 3 is 2.47 bits per heavy atom. The van der Waals surface area contributed by atoms with Crippen molar-refractivity contribution >= 4 is 15.9 Å². The fourth-order valence-electron chi connectivity index (χ4n) is 1.41. The Hall–Kier alpha value is -0.540. The van der Waals surface area contributed by atoms with Crippen LogP contribution in [0.3, 0.4) is 0 Å². The molecule has 0 spiro atoms. The number of aliphatic hydroxyl groups excluding tert-OH is 1. The Labute approximate surface area is 99.4 Å². The second-order valence-electron chi connectivity index (χ2n) is 4.24. The van der Waals surface area contributed by atoms with E-state index in [0.717, 1.165) is 15.8 Å². The maximum Gasteiger partial charge on any atom is 0.122 e. The third-order valence-electron chi connectivity index (χ3n) is 2.90. The van der Waals surface area contributed by atoms with Crippen LogP contribution in [0.4, 0.5) is 0 Å². The molecule has 0 bridgehead atoms. The molecule has 1 unspecified atom stereocenters. The van der Waals surface area contributed by atoms with Crippen molar-refractivity contribution in [3.05, 3.63) is 28.2 Å². The third-order valence-corrected chi connectivity index (χ3v) is 3.39. The monoisotopic (exact) mass is 272 g/mol. The van der Waals surface area contributed by atoms with E-state index in [1.54, 1.807) is 14.0 Å². The van der Waals surface area contributed by atoms with Gasteiger partial charge in [0.1, 0.15) is 5.75 Å². The number of halogens is 1. The van der Waals surface area contributed by atoms with Crippen LogP contribution in [0.2, 0.25) is 0 Å². The fourth-order valence-corrected chi connectivity index (χ4v) is 1.77. The third kappa shape index (κ3) is 2.52. The fraction of sp³-hybridized carbons (Fsp3) is 0.500. The molecule has 1 aromatic carbocycles. The van der Waals surface area contributed by atoms with Crippen molar-refractivity contribution in [1.29, 1.82) is 0 Å². The van der Waals surface area contributed by atoms with Crippen LogP contribution in [0.1, 0.15) is 26.3 Å². The van der Waals surface area contributed by atoms with E-state index < -0.39 is 6.10 Å². The first-order valence-corrected chi connectivity index (χ1v) is 5.71. The second kappa shape index (κ2) is 4.54. The Kier molecular flexibility index (Phi) is 3.79. The molecule has 0 saturated heterocycles. The molecule has 0 aliphatic carbocycles. The molecule has 0 aliphatic rings. The Morgan fingerprint density at radius 2 is 2.00 bits per heavy atom. The highest BCUT2D eigenvalue weighted by Gasteiger charge is 2.29. The van der Waals surface area contributed by atoms with E-state index in [0.29, 0.717) is 0 Å². The molecule has 0 radical (unpaired) electrons. The van der Waals surface area contributed by atoms with Gasteiger partial charge in [0.05, 0.1) is 13.2 Å². The lowest BCUT2D eigenvalue weighted by atomic mass is 9.79. The highest BCUT2D eigenvalue weighted by atomic mass is 79.9. The second-order valence-corrected chi connectivity index (χ2v) is 5.16. The molecule has 0 aromatic heterocycles. The standard InChI is InChI=1S/C12H17BrO2/c1-8(14)12(2,3)10-7-9(13)5-6-11(10)15-4/h5-8,14H,1-4H3. The minimum Gasteiger partial charge on any atom is -0.496 e. The number of methoxy groups -OCH3 is 1. The van der Waals surface area contributed by atoms with E-state index >= 15 is 0 Å². The molecule has 0 heterocycles. The van der Waals surface area contributed by atoms with E-state index in [1.807, 2.05) is 32.0 Å². The Morgan fingerprint density at radius 1 is 1.40 bits per heavy atom. The smallest absolute Gasteiger partial charge is 0.122 e. The number of ether oxygens (including phenoxy) is 1. The summed E-state index contributed by atoms with van der Waals surface area (Å²) >= 11 is 3.43. The Bertz CT molecular complexity index is 345. The molecule has 2 nitrogen and oxygen atoms in total. The average Bonchev–Trinajstić information content (AvgIpc) is 2.17. The molecule has 84 valence electrons. The topological polar surface area (TPSA) is 29.5 Å². The summed E-state index contributed by atoms with van der Waals surface area (Å²) in [7, 11) is 1.64. The summed E-state index contributed by atoms with van der Waals surface area (Å²) in [5.41, 5.74) is 0.684. The number of hydrogen-bond donors (Lipinski definition) is 1. The molecule has 3 heteroatoms. The first kappa shape index (κ1) is 12.5. The minimum absolute atomic E-state index is 0.324. The van der Waals surface area contributed by atoms with Gasteiger partial charge in [0, 0.05) is 15.5 Å². The zero-order chi connectivity index (χ0) is 11.6. The van der Waals surface area contributed by atoms with Gasteiger partial charge in [0.15, 0.2) is 0 Å². The predicted molar refractivity (Wildman–Crippen MR) is 65.4 cm³/mol. The number of rotatable bonds is 3. The minimum atomic E-state index is -0.430. The van der Waals surface area contributed by atoms with Crippen LogP contribution >= 0.6 is 15.9 Å². The van der Waals surface area contributed by atoms with Crippen molar-refractivity contribution in [2.45, 2.75) is 32.3 Å². The summed E-state index contributed by atoms with van der Waals surface area (Å²) < 4.78 is 6.30. The van der Waals surface area contributed by atoms with Gasteiger partial charge in [-0.2, -0.15) is 0 Å². The van der Waals surface area contributed by atoms with Crippen molar-refractivity contribution in [2.75, 3.05) is 7.11 Å². The van der Waals surface area contributed by atoms with E-state index in [2.05, 4.69) is 15.9 Å². The molecule has 1 aromatic rings. The summed E-state index contributed by atoms with van der Waals surface area (Å²) in [5.74, 6) is 0.809. The lowest BCUT2D eigenvalue weighted by molar-refractivity contribution is 0.116. The van der Waals surface area contributed by atoms with E-state index in [1.165, 1.54) is 0 Å². The summed E-state index contributed by atoms with van der Waals surface area (Å²) in [6.07, 6.45) is -0.430. The molecule has 0 saturated carbocycles. The number of hydrogen-bond acceptors (Lipinski definition) is 2. The van der Waals surface area contributed by atoms with Gasteiger partial charge in [-0.25, -0.2) is 0 Å².